The summed E-state index contributed by atoms with van der Waals surface area (Å²) < 4.78 is 6.94. The van der Waals surface area contributed by atoms with Crippen molar-refractivity contribution in [2.75, 3.05) is 31.2 Å². The highest BCUT2D eigenvalue weighted by atomic mass is 16.5. The number of nitrogens with zero attached hydrogens (tertiary/aromatic N) is 5. The molecule has 1 N–H and O–H groups in total. The van der Waals surface area contributed by atoms with Crippen LogP contribution >= 0.6 is 0 Å². The van der Waals surface area contributed by atoms with Crippen molar-refractivity contribution < 1.29 is 9.53 Å². The molecule has 1 aliphatic heterocycles. The standard InChI is InChI=1S/C15H20N6O2/c1-12-9-14(20-5-7-23-8-6-20)19-13(18-12)10-16-15(22)11-21-4-2-3-17-21/h2-4,9H,5-8,10-11H2,1H3,(H,16,22). The molecule has 0 saturated carbocycles. The average molecular weight is 316 g/mol. The molecule has 0 bridgehead atoms. The highest BCUT2D eigenvalue weighted by molar-refractivity contribution is 5.75. The maximum absolute atomic E-state index is 11.9. The van der Waals surface area contributed by atoms with Gasteiger partial charge in [-0.25, -0.2) is 9.97 Å². The Morgan fingerprint density at radius 1 is 1.35 bits per heavy atom. The molecule has 0 spiro atoms. The maximum atomic E-state index is 11.9. The van der Waals surface area contributed by atoms with Crippen LogP contribution < -0.4 is 10.2 Å². The number of nitrogens with one attached hydrogen (secondary N) is 1. The highest BCUT2D eigenvalue weighted by Gasteiger charge is 2.14. The summed E-state index contributed by atoms with van der Waals surface area (Å²) in [5.41, 5.74) is 0.887. The summed E-state index contributed by atoms with van der Waals surface area (Å²) in [7, 11) is 0. The molecule has 1 aliphatic rings. The van der Waals surface area contributed by atoms with Crippen molar-refractivity contribution in [3.8, 4) is 0 Å². The van der Waals surface area contributed by atoms with Crippen molar-refractivity contribution >= 4 is 11.7 Å². The van der Waals surface area contributed by atoms with E-state index in [1.54, 1.807) is 23.1 Å². The van der Waals surface area contributed by atoms with Crippen molar-refractivity contribution in [2.45, 2.75) is 20.0 Å². The Morgan fingerprint density at radius 2 is 2.17 bits per heavy atom. The monoisotopic (exact) mass is 316 g/mol. The minimum atomic E-state index is -0.119. The van der Waals surface area contributed by atoms with Crippen molar-refractivity contribution in [1.29, 1.82) is 0 Å². The van der Waals surface area contributed by atoms with E-state index in [0.717, 1.165) is 24.6 Å². The van der Waals surface area contributed by atoms with Gasteiger partial charge in [-0.1, -0.05) is 0 Å². The SMILES string of the molecule is Cc1cc(N2CCOCC2)nc(CNC(=O)Cn2cccn2)n1. The van der Waals surface area contributed by atoms with Gasteiger partial charge in [0.1, 0.15) is 18.2 Å². The van der Waals surface area contributed by atoms with Gasteiger partial charge in [0.15, 0.2) is 0 Å². The predicted molar refractivity (Wildman–Crippen MR) is 83.9 cm³/mol. The molecule has 0 aliphatic carbocycles. The summed E-state index contributed by atoms with van der Waals surface area (Å²) in [5, 5.41) is 6.83. The van der Waals surface area contributed by atoms with E-state index in [4.69, 9.17) is 4.74 Å². The van der Waals surface area contributed by atoms with E-state index >= 15 is 0 Å². The number of ether oxygens (including phenoxy) is 1. The number of aromatic nitrogens is 4. The Labute approximate surface area is 134 Å². The van der Waals surface area contributed by atoms with Crippen molar-refractivity contribution in [3.05, 3.63) is 36.0 Å². The minimum absolute atomic E-state index is 0.119. The number of hydrogen-bond acceptors (Lipinski definition) is 6. The van der Waals surface area contributed by atoms with E-state index < -0.39 is 0 Å². The number of morpholine rings is 1. The summed E-state index contributed by atoms with van der Waals surface area (Å²) in [6.45, 7) is 5.48. The van der Waals surface area contributed by atoms with Gasteiger partial charge in [-0.15, -0.1) is 0 Å². The minimum Gasteiger partial charge on any atom is -0.378 e. The van der Waals surface area contributed by atoms with Crippen LogP contribution in [0.15, 0.2) is 24.5 Å². The summed E-state index contributed by atoms with van der Waals surface area (Å²) >= 11 is 0. The fraction of sp³-hybridized carbons (Fsp3) is 0.467. The van der Waals surface area contributed by atoms with Gasteiger partial charge in [-0.3, -0.25) is 9.48 Å². The quantitative estimate of drug-likeness (QED) is 0.844. The van der Waals surface area contributed by atoms with Crippen LogP contribution in [0.3, 0.4) is 0 Å². The molecule has 0 unspecified atom stereocenters. The second kappa shape index (κ2) is 7.19. The van der Waals surface area contributed by atoms with Crippen LogP contribution in [-0.2, 0) is 22.6 Å². The van der Waals surface area contributed by atoms with Gasteiger partial charge in [-0.2, -0.15) is 5.10 Å². The van der Waals surface area contributed by atoms with Gasteiger partial charge >= 0.3 is 0 Å². The van der Waals surface area contributed by atoms with Gasteiger partial charge in [-0.05, 0) is 13.0 Å². The van der Waals surface area contributed by atoms with E-state index in [1.165, 1.54) is 0 Å². The Morgan fingerprint density at radius 3 is 2.91 bits per heavy atom. The fourth-order valence-corrected chi connectivity index (χ4v) is 2.42. The third kappa shape index (κ3) is 4.26. The average Bonchev–Trinajstić information content (AvgIpc) is 3.06. The lowest BCUT2D eigenvalue weighted by Crippen LogP contribution is -2.37. The number of carbonyl (C=O) groups excluding carboxylic acids is 1. The smallest absolute Gasteiger partial charge is 0.242 e. The van der Waals surface area contributed by atoms with Gasteiger partial charge in [0.25, 0.3) is 0 Å². The molecule has 8 heteroatoms. The Bertz CT molecular complexity index is 652. The number of carbonyl (C=O) groups is 1. The van der Waals surface area contributed by atoms with Crippen LogP contribution in [0.25, 0.3) is 0 Å². The van der Waals surface area contributed by atoms with Crippen molar-refractivity contribution in [2.24, 2.45) is 0 Å². The number of amides is 1. The van der Waals surface area contributed by atoms with E-state index in [1.807, 2.05) is 13.0 Å². The molecule has 0 aromatic carbocycles. The molecule has 1 fully saturated rings. The first-order valence-corrected chi connectivity index (χ1v) is 7.62. The molecule has 0 atom stereocenters. The van der Waals surface area contributed by atoms with E-state index in [-0.39, 0.29) is 12.5 Å². The lowest BCUT2D eigenvalue weighted by atomic mass is 10.3. The summed E-state index contributed by atoms with van der Waals surface area (Å²) in [6.07, 6.45) is 3.39. The first kappa shape index (κ1) is 15.4. The fourth-order valence-electron chi connectivity index (χ4n) is 2.42. The van der Waals surface area contributed by atoms with Crippen molar-refractivity contribution in [1.82, 2.24) is 25.1 Å². The van der Waals surface area contributed by atoms with E-state index in [9.17, 15) is 4.79 Å². The van der Waals surface area contributed by atoms with Gasteiger partial charge < -0.3 is 15.0 Å². The zero-order valence-corrected chi connectivity index (χ0v) is 13.1. The zero-order chi connectivity index (χ0) is 16.1. The number of aryl methyl sites for hydroxylation is 1. The number of anilines is 1. The molecule has 3 heterocycles. The molecule has 1 saturated heterocycles. The third-order valence-corrected chi connectivity index (χ3v) is 3.53. The third-order valence-electron chi connectivity index (χ3n) is 3.53. The molecular formula is C15H20N6O2. The topological polar surface area (TPSA) is 85.2 Å². The molecule has 3 rings (SSSR count). The largest absolute Gasteiger partial charge is 0.378 e. The van der Waals surface area contributed by atoms with Crippen LogP contribution in [0.1, 0.15) is 11.5 Å². The number of rotatable bonds is 5. The number of hydrogen-bond donors (Lipinski definition) is 1. The zero-order valence-electron chi connectivity index (χ0n) is 13.1. The summed E-state index contributed by atoms with van der Waals surface area (Å²) in [5.74, 6) is 1.38. The maximum Gasteiger partial charge on any atom is 0.242 e. The van der Waals surface area contributed by atoms with Crippen LogP contribution in [-0.4, -0.2) is 52.0 Å². The molecule has 1 amide bonds. The lowest BCUT2D eigenvalue weighted by molar-refractivity contribution is -0.122. The molecule has 122 valence electrons. The highest BCUT2D eigenvalue weighted by Crippen LogP contribution is 2.14. The Hall–Kier alpha value is -2.48. The van der Waals surface area contributed by atoms with E-state index in [0.29, 0.717) is 25.6 Å². The first-order chi connectivity index (χ1) is 11.2. The molecule has 2 aromatic rings. The molecular weight excluding hydrogens is 296 g/mol. The summed E-state index contributed by atoms with van der Waals surface area (Å²) in [4.78, 5) is 23.0. The first-order valence-electron chi connectivity index (χ1n) is 7.62. The Balaban J connectivity index is 1.60. The molecule has 8 nitrogen and oxygen atoms in total. The Kier molecular flexibility index (Phi) is 4.82. The van der Waals surface area contributed by atoms with Gasteiger partial charge in [0.2, 0.25) is 5.91 Å². The molecule has 2 aromatic heterocycles. The van der Waals surface area contributed by atoms with Crippen LogP contribution in [0.4, 0.5) is 5.82 Å². The van der Waals surface area contributed by atoms with Crippen LogP contribution in [0.2, 0.25) is 0 Å². The second-order valence-electron chi connectivity index (χ2n) is 5.36. The second-order valence-corrected chi connectivity index (χ2v) is 5.36. The van der Waals surface area contributed by atoms with Gasteiger partial charge in [0, 0.05) is 37.2 Å². The normalized spacial score (nSPS) is 14.7. The van der Waals surface area contributed by atoms with Crippen LogP contribution in [0, 0.1) is 6.92 Å². The molecule has 0 radical (unpaired) electrons. The lowest BCUT2D eigenvalue weighted by Gasteiger charge is -2.28. The predicted octanol–water partition coefficient (Wildman–Crippen LogP) is 0.135. The van der Waals surface area contributed by atoms with Crippen LogP contribution in [0.5, 0.6) is 0 Å². The molecule has 23 heavy (non-hydrogen) atoms. The summed E-state index contributed by atoms with van der Waals surface area (Å²) in [6, 6.07) is 3.74. The van der Waals surface area contributed by atoms with E-state index in [2.05, 4.69) is 25.3 Å². The van der Waals surface area contributed by atoms with Gasteiger partial charge in [0.05, 0.1) is 19.8 Å². The van der Waals surface area contributed by atoms with Crippen molar-refractivity contribution in [3.63, 3.8) is 0 Å².